The van der Waals surface area contributed by atoms with E-state index in [1.54, 1.807) is 19.3 Å². The van der Waals surface area contributed by atoms with Gasteiger partial charge in [-0.2, -0.15) is 0 Å². The van der Waals surface area contributed by atoms with Crippen molar-refractivity contribution in [3.05, 3.63) is 41.2 Å². The average Bonchev–Trinajstić information content (AvgIpc) is 3.07. The summed E-state index contributed by atoms with van der Waals surface area (Å²) < 4.78 is 13.8. The van der Waals surface area contributed by atoms with Crippen LogP contribution in [0.5, 0.6) is 0 Å². The van der Waals surface area contributed by atoms with Gasteiger partial charge in [-0.25, -0.2) is 19.3 Å². The number of halogens is 1. The molecule has 0 aromatic carbocycles. The summed E-state index contributed by atoms with van der Waals surface area (Å²) in [7, 11) is 1.55. The van der Waals surface area contributed by atoms with E-state index in [2.05, 4.69) is 30.5 Å². The highest BCUT2D eigenvalue weighted by molar-refractivity contribution is 5.90. The Labute approximate surface area is 145 Å². The van der Waals surface area contributed by atoms with Crippen molar-refractivity contribution in [3.63, 3.8) is 0 Å². The number of hydrogen-bond acceptors (Lipinski definition) is 6. The maximum atomic E-state index is 13.8. The first kappa shape index (κ1) is 17.1. The molecule has 1 atom stereocenters. The van der Waals surface area contributed by atoms with Gasteiger partial charge in [-0.05, 0) is 32.4 Å². The van der Waals surface area contributed by atoms with Crippen LogP contribution in [0.2, 0.25) is 0 Å². The molecule has 1 aliphatic heterocycles. The fourth-order valence-corrected chi connectivity index (χ4v) is 2.89. The van der Waals surface area contributed by atoms with Crippen LogP contribution in [0, 0.1) is 19.7 Å². The molecule has 0 radical (unpaired) electrons. The third-order valence-corrected chi connectivity index (χ3v) is 4.38. The molecule has 3 heterocycles. The number of aromatic nitrogens is 3. The van der Waals surface area contributed by atoms with Gasteiger partial charge in [-0.1, -0.05) is 0 Å². The molecule has 1 saturated heterocycles. The first-order chi connectivity index (χ1) is 12.0. The van der Waals surface area contributed by atoms with Gasteiger partial charge in [0, 0.05) is 43.6 Å². The number of pyridine rings is 1. The molecule has 0 saturated carbocycles. The first-order valence-electron chi connectivity index (χ1n) is 8.19. The largest absolute Gasteiger partial charge is 0.363 e. The summed E-state index contributed by atoms with van der Waals surface area (Å²) in [6.07, 6.45) is 2.39. The van der Waals surface area contributed by atoms with Crippen LogP contribution < -0.4 is 15.5 Å². The van der Waals surface area contributed by atoms with Gasteiger partial charge in [0.2, 0.25) is 5.82 Å². The highest BCUT2D eigenvalue weighted by Crippen LogP contribution is 2.25. The van der Waals surface area contributed by atoms with Crippen molar-refractivity contribution in [2.45, 2.75) is 26.3 Å². The van der Waals surface area contributed by atoms with Gasteiger partial charge in [-0.3, -0.25) is 4.79 Å². The summed E-state index contributed by atoms with van der Waals surface area (Å²) in [4.78, 5) is 26.7. The number of nitrogens with zero attached hydrogens (tertiary/aromatic N) is 4. The predicted molar refractivity (Wildman–Crippen MR) is 93.3 cm³/mol. The quantitative estimate of drug-likeness (QED) is 0.878. The zero-order chi connectivity index (χ0) is 18.0. The molecule has 7 nitrogen and oxygen atoms in total. The standard InChI is InChI=1S/C17H21FN6O/c1-10-11(2)21-15(17(25)19-3)23-16(10)24-8-6-12(9-24)22-14-13(18)5-4-7-20-14/h4-5,7,12H,6,8-9H2,1-3H3,(H,19,25)(H,20,22)/t12-/m1/s1. The minimum Gasteiger partial charge on any atom is -0.363 e. The molecule has 0 unspecified atom stereocenters. The summed E-state index contributed by atoms with van der Waals surface area (Å²) in [5, 5.41) is 5.69. The molecule has 1 amide bonds. The fourth-order valence-electron chi connectivity index (χ4n) is 2.89. The molecule has 0 spiro atoms. The maximum absolute atomic E-state index is 13.8. The van der Waals surface area contributed by atoms with Crippen LogP contribution in [0.15, 0.2) is 18.3 Å². The monoisotopic (exact) mass is 344 g/mol. The second-order valence-electron chi connectivity index (χ2n) is 6.07. The fraction of sp³-hybridized carbons (Fsp3) is 0.412. The van der Waals surface area contributed by atoms with Gasteiger partial charge in [0.15, 0.2) is 11.6 Å². The van der Waals surface area contributed by atoms with Gasteiger partial charge in [0.1, 0.15) is 5.82 Å². The lowest BCUT2D eigenvalue weighted by atomic mass is 10.2. The maximum Gasteiger partial charge on any atom is 0.288 e. The lowest BCUT2D eigenvalue weighted by Crippen LogP contribution is -2.29. The van der Waals surface area contributed by atoms with Crippen molar-refractivity contribution in [1.82, 2.24) is 20.3 Å². The number of carbonyl (C=O) groups is 1. The molecule has 0 bridgehead atoms. The molecule has 1 fully saturated rings. The van der Waals surface area contributed by atoms with Gasteiger partial charge in [0.25, 0.3) is 5.91 Å². The van der Waals surface area contributed by atoms with Crippen molar-refractivity contribution in [2.75, 3.05) is 30.4 Å². The summed E-state index contributed by atoms with van der Waals surface area (Å²) in [6, 6.07) is 3.01. The SMILES string of the molecule is CNC(=O)c1nc(C)c(C)c(N2CC[C@@H](Nc3ncccc3F)C2)n1. The van der Waals surface area contributed by atoms with Crippen LogP contribution >= 0.6 is 0 Å². The van der Waals surface area contributed by atoms with E-state index in [0.29, 0.717) is 6.54 Å². The second-order valence-corrected chi connectivity index (χ2v) is 6.07. The van der Waals surface area contributed by atoms with E-state index >= 15 is 0 Å². The third-order valence-electron chi connectivity index (χ3n) is 4.38. The summed E-state index contributed by atoms with van der Waals surface area (Å²) in [6.45, 7) is 5.22. The van der Waals surface area contributed by atoms with Crippen molar-refractivity contribution in [3.8, 4) is 0 Å². The van der Waals surface area contributed by atoms with Gasteiger partial charge in [-0.15, -0.1) is 0 Å². The molecular weight excluding hydrogens is 323 g/mol. The normalized spacial score (nSPS) is 16.8. The number of carbonyl (C=O) groups excluding carboxylic acids is 1. The molecule has 0 aliphatic carbocycles. The molecule has 2 N–H and O–H groups in total. The van der Waals surface area contributed by atoms with Gasteiger partial charge >= 0.3 is 0 Å². The number of amides is 1. The average molecular weight is 344 g/mol. The van der Waals surface area contributed by atoms with Gasteiger partial charge in [0.05, 0.1) is 0 Å². The van der Waals surface area contributed by atoms with Crippen molar-refractivity contribution in [1.29, 1.82) is 0 Å². The summed E-state index contributed by atoms with van der Waals surface area (Å²) in [5.74, 6) is 0.492. The molecule has 2 aromatic heterocycles. The number of rotatable bonds is 4. The van der Waals surface area contributed by atoms with E-state index in [-0.39, 0.29) is 29.4 Å². The molecule has 8 heteroatoms. The Kier molecular flexibility index (Phi) is 4.78. The third kappa shape index (κ3) is 3.52. The van der Waals surface area contributed by atoms with Crippen molar-refractivity contribution in [2.24, 2.45) is 0 Å². The van der Waals surface area contributed by atoms with E-state index in [0.717, 1.165) is 30.0 Å². The van der Waals surface area contributed by atoms with Crippen LogP contribution in [0.25, 0.3) is 0 Å². The molecule has 1 aliphatic rings. The minimum atomic E-state index is -0.364. The van der Waals surface area contributed by atoms with E-state index in [1.807, 2.05) is 13.8 Å². The Balaban J connectivity index is 1.79. The summed E-state index contributed by atoms with van der Waals surface area (Å²) in [5.41, 5.74) is 1.72. The predicted octanol–water partition coefficient (Wildman–Crippen LogP) is 1.68. The Morgan fingerprint density at radius 3 is 2.88 bits per heavy atom. The Bertz CT molecular complexity index is 797. The van der Waals surface area contributed by atoms with Gasteiger partial charge < -0.3 is 15.5 Å². The van der Waals surface area contributed by atoms with Crippen LogP contribution in [-0.4, -0.2) is 47.0 Å². The minimum absolute atomic E-state index is 0.0579. The molecular formula is C17H21FN6O. The number of aryl methyl sites for hydroxylation is 1. The number of anilines is 2. The zero-order valence-corrected chi connectivity index (χ0v) is 14.5. The van der Waals surface area contributed by atoms with Crippen molar-refractivity contribution < 1.29 is 9.18 Å². The highest BCUT2D eigenvalue weighted by Gasteiger charge is 2.27. The van der Waals surface area contributed by atoms with Crippen LogP contribution in [0.3, 0.4) is 0 Å². The Hall–Kier alpha value is -2.77. The second kappa shape index (κ2) is 7.00. The smallest absolute Gasteiger partial charge is 0.288 e. The number of hydrogen-bond donors (Lipinski definition) is 2. The van der Waals surface area contributed by atoms with E-state index in [4.69, 9.17) is 0 Å². The lowest BCUT2D eigenvalue weighted by Gasteiger charge is -2.21. The van der Waals surface area contributed by atoms with E-state index in [9.17, 15) is 9.18 Å². The van der Waals surface area contributed by atoms with Crippen LogP contribution in [0.1, 0.15) is 28.3 Å². The number of nitrogens with one attached hydrogen (secondary N) is 2. The molecule has 25 heavy (non-hydrogen) atoms. The first-order valence-corrected chi connectivity index (χ1v) is 8.19. The van der Waals surface area contributed by atoms with Crippen molar-refractivity contribution >= 4 is 17.5 Å². The lowest BCUT2D eigenvalue weighted by molar-refractivity contribution is 0.0952. The summed E-state index contributed by atoms with van der Waals surface area (Å²) >= 11 is 0. The van der Waals surface area contributed by atoms with Crippen LogP contribution in [-0.2, 0) is 0 Å². The van der Waals surface area contributed by atoms with E-state index in [1.165, 1.54) is 6.07 Å². The Morgan fingerprint density at radius 1 is 1.36 bits per heavy atom. The molecule has 3 rings (SSSR count). The molecule has 132 valence electrons. The molecule has 2 aromatic rings. The topological polar surface area (TPSA) is 83.0 Å². The highest BCUT2D eigenvalue weighted by atomic mass is 19.1. The van der Waals surface area contributed by atoms with Crippen LogP contribution in [0.4, 0.5) is 16.0 Å². The zero-order valence-electron chi connectivity index (χ0n) is 14.5. The van der Waals surface area contributed by atoms with E-state index < -0.39 is 0 Å². The Morgan fingerprint density at radius 2 is 2.16 bits per heavy atom.